The van der Waals surface area contributed by atoms with Crippen LogP contribution in [0.25, 0.3) is 0 Å². The first-order chi connectivity index (χ1) is 3.00. The molecule has 0 bridgehead atoms. The normalized spacial score (nSPS) is 9.43. The molecule has 0 atom stereocenters. The molecule has 0 radical (unpaired) electrons. The highest BCUT2D eigenvalue weighted by molar-refractivity contribution is 6.46. The summed E-state index contributed by atoms with van der Waals surface area (Å²) in [6, 6.07) is 0. The molecule has 0 saturated heterocycles. The Morgan fingerprint density at radius 1 is 0.857 bits per heavy atom. The molecule has 0 aromatic heterocycles. The van der Waals surface area contributed by atoms with Gasteiger partial charge >= 0.3 is 9.05 Å². The van der Waals surface area contributed by atoms with Crippen molar-refractivity contribution in [1.82, 2.24) is 0 Å². The van der Waals surface area contributed by atoms with Crippen LogP contribution in [0.2, 0.25) is 0 Å². The van der Waals surface area contributed by atoms with Crippen LogP contribution in [0.3, 0.4) is 0 Å². The van der Waals surface area contributed by atoms with Crippen molar-refractivity contribution in [2.45, 2.75) is 0 Å². The lowest BCUT2D eigenvalue weighted by Gasteiger charge is -1.91. The summed E-state index contributed by atoms with van der Waals surface area (Å²) in [5.41, 5.74) is 0. The molecule has 46 valence electrons. The van der Waals surface area contributed by atoms with E-state index in [9.17, 15) is 0 Å². The fourth-order valence-electron chi connectivity index (χ4n) is 0. The average molecular weight is 128 g/mol. The van der Waals surface area contributed by atoms with Gasteiger partial charge in [-0.05, 0) is 0 Å². The third-order valence-corrected chi connectivity index (χ3v) is 0. The summed E-state index contributed by atoms with van der Waals surface area (Å²) in [7, 11) is -3.61. The topological polar surface area (TPSA) is 101 Å². The van der Waals surface area contributed by atoms with Crippen molar-refractivity contribution in [3.8, 4) is 0 Å². The molecule has 0 fully saturated rings. The van der Waals surface area contributed by atoms with Gasteiger partial charge in [0.15, 0.2) is 0 Å². The zero-order valence-electron chi connectivity index (χ0n) is 3.74. The largest absolute Gasteiger partial charge is 0.668 e. The van der Waals surface area contributed by atoms with Crippen molar-refractivity contribution in [3.63, 3.8) is 0 Å². The summed E-state index contributed by atoms with van der Waals surface area (Å²) >= 11 is 0. The molecule has 7 heavy (non-hydrogen) atoms. The van der Waals surface area contributed by atoms with Crippen LogP contribution >= 0.6 is 0 Å². The first kappa shape index (κ1) is 10.1. The molecule has 0 aromatic rings. The van der Waals surface area contributed by atoms with E-state index in [1.165, 1.54) is 0 Å². The minimum atomic E-state index is -4.61. The summed E-state index contributed by atoms with van der Waals surface area (Å²) in [5.74, 6) is 0. The maximum atomic E-state index is 7.33. The highest BCUT2D eigenvalue weighted by atomic mass is 28.4. The van der Waals surface area contributed by atoms with Crippen molar-refractivity contribution in [2.24, 2.45) is 0 Å². The van der Waals surface area contributed by atoms with Gasteiger partial charge in [-0.3, -0.25) is 0 Å². The number of aliphatic hydroxyl groups is 1. The lowest BCUT2D eigenvalue weighted by atomic mass is 11.8. The first-order valence-corrected chi connectivity index (χ1v) is 3.13. The van der Waals surface area contributed by atoms with Gasteiger partial charge in [0.1, 0.15) is 0 Å². The van der Waals surface area contributed by atoms with Crippen LogP contribution in [-0.4, -0.2) is 40.4 Å². The van der Waals surface area contributed by atoms with Crippen molar-refractivity contribution in [1.29, 1.82) is 0 Å². The number of hydrogen-bond donors (Lipinski definition) is 5. The van der Waals surface area contributed by atoms with Crippen LogP contribution in [0.1, 0.15) is 0 Å². The van der Waals surface area contributed by atoms with E-state index in [1.807, 2.05) is 0 Å². The molecule has 0 unspecified atom stereocenters. The fraction of sp³-hybridized carbons (Fsp3) is 1.00. The Labute approximate surface area is 41.6 Å². The lowest BCUT2D eigenvalue weighted by molar-refractivity contribution is 0.117. The van der Waals surface area contributed by atoms with E-state index in [2.05, 4.69) is 0 Å². The van der Waals surface area contributed by atoms with Gasteiger partial charge in [-0.15, -0.1) is 0 Å². The Kier molecular flexibility index (Phi) is 6.03. The number of rotatable bonds is 0. The van der Waals surface area contributed by atoms with Crippen LogP contribution in [0.4, 0.5) is 0 Å². The third-order valence-electron chi connectivity index (χ3n) is 0. The second-order valence-electron chi connectivity index (χ2n) is 0.600. The first-order valence-electron chi connectivity index (χ1n) is 1.34. The lowest BCUT2D eigenvalue weighted by Crippen LogP contribution is -2.33. The second kappa shape index (κ2) is 4.18. The van der Waals surface area contributed by atoms with E-state index in [4.69, 9.17) is 24.3 Å². The van der Waals surface area contributed by atoms with Gasteiger partial charge in [0.2, 0.25) is 0 Å². The number of hydrogen-bond acceptors (Lipinski definition) is 5. The van der Waals surface area contributed by atoms with Crippen LogP contribution in [0.5, 0.6) is 0 Å². The predicted molar refractivity (Wildman–Crippen MR) is 22.8 cm³/mol. The van der Waals surface area contributed by atoms with Gasteiger partial charge in [-0.25, -0.2) is 0 Å². The Bertz CT molecular complexity index is 23.6. The maximum Gasteiger partial charge on any atom is 0.668 e. The minimum Gasteiger partial charge on any atom is -0.400 e. The summed E-state index contributed by atoms with van der Waals surface area (Å²) in [5, 5.41) is 7.00. The maximum absolute atomic E-state index is 7.33. The van der Waals surface area contributed by atoms with Gasteiger partial charge < -0.3 is 24.3 Å². The van der Waals surface area contributed by atoms with Crippen molar-refractivity contribution >= 4 is 9.05 Å². The molecular formula is CH8O5Si. The molecule has 0 rings (SSSR count). The molecule has 0 aromatic carbocycles. The second-order valence-corrected chi connectivity index (χ2v) is 1.80. The molecule has 0 saturated carbocycles. The quantitative estimate of drug-likeness (QED) is 0.224. The molecule has 0 aliphatic carbocycles. The Morgan fingerprint density at radius 2 is 0.857 bits per heavy atom. The van der Waals surface area contributed by atoms with E-state index in [1.54, 1.807) is 0 Å². The predicted octanol–water partition coefficient (Wildman–Crippen LogP) is -3.00. The highest BCUT2D eigenvalue weighted by Gasteiger charge is 2.22. The summed E-state index contributed by atoms with van der Waals surface area (Å²) in [4.78, 5) is 29.3. The standard InChI is InChI=1S/CH4O.H4O4Si/c1-2;1-5(2,3)4/h2H,1H3;1-4H. The molecule has 0 spiro atoms. The Balaban J connectivity index is 0. The molecule has 0 heterocycles. The monoisotopic (exact) mass is 128 g/mol. The van der Waals surface area contributed by atoms with Crippen molar-refractivity contribution < 1.29 is 24.3 Å². The van der Waals surface area contributed by atoms with Crippen LogP contribution in [-0.2, 0) is 0 Å². The highest BCUT2D eigenvalue weighted by Crippen LogP contribution is 1.67. The van der Waals surface area contributed by atoms with Crippen molar-refractivity contribution in [3.05, 3.63) is 0 Å². The van der Waals surface area contributed by atoms with Crippen molar-refractivity contribution in [2.75, 3.05) is 7.11 Å². The van der Waals surface area contributed by atoms with Gasteiger partial charge in [0, 0.05) is 7.11 Å². The Morgan fingerprint density at radius 3 is 0.857 bits per heavy atom. The van der Waals surface area contributed by atoms with E-state index in [-0.39, 0.29) is 0 Å². The third kappa shape index (κ3) is 341000. The van der Waals surface area contributed by atoms with Gasteiger partial charge in [-0.2, -0.15) is 0 Å². The molecule has 0 aliphatic rings. The van der Waals surface area contributed by atoms with Gasteiger partial charge in [0.25, 0.3) is 0 Å². The van der Waals surface area contributed by atoms with Crippen LogP contribution in [0, 0.1) is 0 Å². The average Bonchev–Trinajstić information content (AvgIpc) is 1.36. The SMILES string of the molecule is CO.O[Si](O)(O)O. The Hall–Kier alpha value is 0.0169. The van der Waals surface area contributed by atoms with Crippen LogP contribution in [0.15, 0.2) is 0 Å². The molecular weight excluding hydrogens is 120 g/mol. The van der Waals surface area contributed by atoms with Crippen LogP contribution < -0.4 is 0 Å². The smallest absolute Gasteiger partial charge is 0.400 e. The molecule has 0 amide bonds. The van der Waals surface area contributed by atoms with E-state index < -0.39 is 9.05 Å². The molecule has 5 N–H and O–H groups in total. The molecule has 0 aliphatic heterocycles. The zero-order valence-corrected chi connectivity index (χ0v) is 4.74. The molecule has 6 heteroatoms. The van der Waals surface area contributed by atoms with E-state index in [0.717, 1.165) is 7.11 Å². The van der Waals surface area contributed by atoms with E-state index in [0.29, 0.717) is 0 Å². The molecule has 5 nitrogen and oxygen atoms in total. The zero-order chi connectivity index (χ0) is 6.50. The fourth-order valence-corrected chi connectivity index (χ4v) is 0. The summed E-state index contributed by atoms with van der Waals surface area (Å²) in [6.45, 7) is 0. The summed E-state index contributed by atoms with van der Waals surface area (Å²) < 4.78 is 0. The summed E-state index contributed by atoms with van der Waals surface area (Å²) in [6.07, 6.45) is 0. The minimum absolute atomic E-state index is 1.00. The van der Waals surface area contributed by atoms with Gasteiger partial charge in [0.05, 0.1) is 0 Å². The van der Waals surface area contributed by atoms with Gasteiger partial charge in [-0.1, -0.05) is 0 Å². The number of aliphatic hydroxyl groups excluding tert-OH is 1. The van der Waals surface area contributed by atoms with E-state index >= 15 is 0 Å².